The fourth-order valence-corrected chi connectivity index (χ4v) is 3.92. The number of H-pyrrole nitrogens is 1. The highest BCUT2D eigenvalue weighted by Crippen LogP contribution is 2.37. The van der Waals surface area contributed by atoms with E-state index >= 15 is 0 Å². The van der Waals surface area contributed by atoms with Crippen LogP contribution in [0.25, 0.3) is 11.0 Å². The zero-order valence-electron chi connectivity index (χ0n) is 14.9. The molecule has 0 atom stereocenters. The Kier molecular flexibility index (Phi) is 4.74. The monoisotopic (exact) mass is 405 g/mol. The first-order valence-corrected chi connectivity index (χ1v) is 9.37. The molecule has 4 rings (SSSR count). The van der Waals surface area contributed by atoms with Gasteiger partial charge in [0.05, 0.1) is 16.5 Å². The maximum Gasteiger partial charge on any atom is 0.248 e. The van der Waals surface area contributed by atoms with Crippen LogP contribution in [0, 0.1) is 5.92 Å². The van der Waals surface area contributed by atoms with E-state index in [9.17, 15) is 13.6 Å². The topological polar surface area (TPSA) is 97.5 Å². The van der Waals surface area contributed by atoms with Crippen LogP contribution in [0.15, 0.2) is 24.7 Å². The Bertz CT molecular complexity index is 1040. The van der Waals surface area contributed by atoms with E-state index < -0.39 is 5.92 Å². The van der Waals surface area contributed by atoms with Crippen molar-refractivity contribution in [2.75, 3.05) is 5.73 Å². The number of ketones is 1. The quantitative estimate of drug-likeness (QED) is 0.501. The minimum absolute atomic E-state index is 0.0772. The summed E-state index contributed by atoms with van der Waals surface area (Å²) in [6.45, 7) is 0. The predicted octanol–water partition coefficient (Wildman–Crippen LogP) is 4.19. The third kappa shape index (κ3) is 3.56. The van der Waals surface area contributed by atoms with Crippen molar-refractivity contribution in [1.29, 1.82) is 0 Å². The summed E-state index contributed by atoms with van der Waals surface area (Å²) in [6.07, 6.45) is 4.14. The number of alkyl halides is 2. The van der Waals surface area contributed by atoms with Gasteiger partial charge < -0.3 is 10.7 Å². The number of nitrogens with two attached hydrogens (primary N) is 1. The molecule has 1 aliphatic rings. The molecular weight excluding hydrogens is 388 g/mol. The van der Waals surface area contributed by atoms with Gasteiger partial charge in [-0.25, -0.2) is 23.7 Å². The number of aromatic amines is 1. The molecule has 0 amide bonds. The second-order valence-electron chi connectivity index (χ2n) is 7.16. The third-order valence-electron chi connectivity index (χ3n) is 5.23. The van der Waals surface area contributed by atoms with Gasteiger partial charge in [-0.1, -0.05) is 11.6 Å². The van der Waals surface area contributed by atoms with Gasteiger partial charge in [-0.15, -0.1) is 0 Å². The lowest BCUT2D eigenvalue weighted by Crippen LogP contribution is -2.25. The number of hydrogen-bond acceptors (Lipinski definition) is 5. The normalized spacial score (nSPS) is 17.1. The van der Waals surface area contributed by atoms with Crippen LogP contribution in [-0.2, 0) is 6.42 Å². The van der Waals surface area contributed by atoms with Gasteiger partial charge in [-0.05, 0) is 37.3 Å². The molecule has 3 heterocycles. The molecule has 0 aromatic carbocycles. The lowest BCUT2D eigenvalue weighted by molar-refractivity contribution is -0.0457. The molecule has 0 unspecified atom stereocenters. The van der Waals surface area contributed by atoms with Crippen LogP contribution >= 0.6 is 11.6 Å². The van der Waals surface area contributed by atoms with E-state index in [0.29, 0.717) is 41.6 Å². The Labute approximate surface area is 164 Å². The maximum absolute atomic E-state index is 13.3. The number of rotatable bonds is 4. The smallest absolute Gasteiger partial charge is 0.248 e. The van der Waals surface area contributed by atoms with E-state index in [1.54, 1.807) is 12.1 Å². The zero-order chi connectivity index (χ0) is 19.9. The van der Waals surface area contributed by atoms with Gasteiger partial charge in [0.25, 0.3) is 0 Å². The van der Waals surface area contributed by atoms with Crippen LogP contribution in [0.5, 0.6) is 0 Å². The number of pyridine rings is 1. The maximum atomic E-state index is 13.3. The second kappa shape index (κ2) is 7.09. The standard InChI is InChI=1S/C19H18ClF2N5O/c20-16-12(15(28)13-8-24-18-14(13)17(23)25-9-26-18)2-1-11(27-16)7-10-3-5-19(21,22)6-4-10/h1-2,8-10H,3-7H2,(H3,23,24,25,26). The van der Waals surface area contributed by atoms with Gasteiger partial charge >= 0.3 is 0 Å². The second-order valence-corrected chi connectivity index (χ2v) is 7.52. The number of nitrogens with zero attached hydrogens (tertiary/aromatic N) is 3. The fraction of sp³-hybridized carbons (Fsp3) is 0.368. The number of hydrogen-bond donors (Lipinski definition) is 2. The molecule has 1 saturated carbocycles. The summed E-state index contributed by atoms with van der Waals surface area (Å²) in [4.78, 5) is 28.1. The largest absolute Gasteiger partial charge is 0.383 e. The molecule has 1 fully saturated rings. The lowest BCUT2D eigenvalue weighted by Gasteiger charge is -2.28. The van der Waals surface area contributed by atoms with Gasteiger partial charge in [-0.3, -0.25) is 4.79 Å². The minimum atomic E-state index is -2.55. The molecular formula is C19H18ClF2N5O. The van der Waals surface area contributed by atoms with E-state index in [0.717, 1.165) is 0 Å². The highest BCUT2D eigenvalue weighted by Gasteiger charge is 2.35. The van der Waals surface area contributed by atoms with Gasteiger partial charge in [0.2, 0.25) is 5.92 Å². The number of nitrogens with one attached hydrogen (secondary N) is 1. The average Bonchev–Trinajstić information content (AvgIpc) is 3.09. The van der Waals surface area contributed by atoms with E-state index in [4.69, 9.17) is 17.3 Å². The number of nitrogen functional groups attached to an aromatic ring is 1. The Morgan fingerprint density at radius 2 is 2.00 bits per heavy atom. The number of aromatic nitrogens is 4. The zero-order valence-corrected chi connectivity index (χ0v) is 15.6. The van der Waals surface area contributed by atoms with Gasteiger partial charge in [0, 0.05) is 24.7 Å². The van der Waals surface area contributed by atoms with E-state index in [2.05, 4.69) is 19.9 Å². The van der Waals surface area contributed by atoms with Gasteiger partial charge in [0.1, 0.15) is 22.9 Å². The minimum Gasteiger partial charge on any atom is -0.383 e. The molecule has 0 saturated heterocycles. The molecule has 6 nitrogen and oxygen atoms in total. The number of fused-ring (bicyclic) bond motifs is 1. The Morgan fingerprint density at radius 3 is 2.71 bits per heavy atom. The van der Waals surface area contributed by atoms with Gasteiger partial charge in [0.15, 0.2) is 5.78 Å². The van der Waals surface area contributed by atoms with E-state index in [1.807, 2.05) is 0 Å². The van der Waals surface area contributed by atoms with E-state index in [-0.39, 0.29) is 41.1 Å². The molecule has 146 valence electrons. The molecule has 28 heavy (non-hydrogen) atoms. The highest BCUT2D eigenvalue weighted by molar-refractivity contribution is 6.34. The molecule has 9 heteroatoms. The van der Waals surface area contributed by atoms with Crippen LogP contribution in [-0.4, -0.2) is 31.6 Å². The first-order valence-electron chi connectivity index (χ1n) is 8.99. The molecule has 0 aliphatic heterocycles. The summed E-state index contributed by atoms with van der Waals surface area (Å²) in [5.41, 5.74) is 7.59. The molecule has 1 aliphatic carbocycles. The van der Waals surface area contributed by atoms with Crippen molar-refractivity contribution in [3.05, 3.63) is 46.6 Å². The van der Waals surface area contributed by atoms with Crippen LogP contribution in [0.3, 0.4) is 0 Å². The molecule has 3 aromatic rings. The van der Waals surface area contributed by atoms with Crippen LogP contribution in [0.2, 0.25) is 5.15 Å². The van der Waals surface area contributed by atoms with Crippen molar-refractivity contribution in [2.45, 2.75) is 38.0 Å². The van der Waals surface area contributed by atoms with Crippen molar-refractivity contribution in [2.24, 2.45) is 5.92 Å². The van der Waals surface area contributed by atoms with Crippen LogP contribution < -0.4 is 5.73 Å². The van der Waals surface area contributed by atoms with Crippen molar-refractivity contribution < 1.29 is 13.6 Å². The SMILES string of the molecule is Nc1ncnc2[nH]cc(C(=O)c3ccc(CC4CCC(F)(F)CC4)nc3Cl)c12. The number of carbonyl (C=O) groups is 1. The molecule has 0 radical (unpaired) electrons. The summed E-state index contributed by atoms with van der Waals surface area (Å²) >= 11 is 6.27. The van der Waals surface area contributed by atoms with Crippen molar-refractivity contribution in [3.8, 4) is 0 Å². The summed E-state index contributed by atoms with van der Waals surface area (Å²) in [7, 11) is 0. The number of carbonyl (C=O) groups excluding carboxylic acids is 1. The van der Waals surface area contributed by atoms with Crippen molar-refractivity contribution in [3.63, 3.8) is 0 Å². The van der Waals surface area contributed by atoms with Crippen LogP contribution in [0.4, 0.5) is 14.6 Å². The van der Waals surface area contributed by atoms with Crippen molar-refractivity contribution >= 4 is 34.2 Å². The van der Waals surface area contributed by atoms with Crippen LogP contribution in [0.1, 0.15) is 47.3 Å². The summed E-state index contributed by atoms with van der Waals surface area (Å²) < 4.78 is 26.6. The first kappa shape index (κ1) is 18.7. The summed E-state index contributed by atoms with van der Waals surface area (Å²) in [5.74, 6) is -2.54. The molecule has 3 aromatic heterocycles. The number of halogens is 3. The third-order valence-corrected chi connectivity index (χ3v) is 5.52. The Balaban J connectivity index is 1.55. The fourth-order valence-electron chi connectivity index (χ4n) is 3.67. The molecule has 0 bridgehead atoms. The number of anilines is 1. The summed E-state index contributed by atoms with van der Waals surface area (Å²) in [6, 6.07) is 3.34. The van der Waals surface area contributed by atoms with E-state index in [1.165, 1.54) is 12.5 Å². The van der Waals surface area contributed by atoms with Gasteiger partial charge in [-0.2, -0.15) is 0 Å². The van der Waals surface area contributed by atoms with Crippen molar-refractivity contribution in [1.82, 2.24) is 19.9 Å². The lowest BCUT2D eigenvalue weighted by atomic mass is 9.84. The predicted molar refractivity (Wildman–Crippen MR) is 102 cm³/mol. The Hall–Kier alpha value is -2.61. The molecule has 3 N–H and O–H groups in total. The average molecular weight is 406 g/mol. The first-order chi connectivity index (χ1) is 13.3. The summed E-state index contributed by atoms with van der Waals surface area (Å²) in [5, 5.41) is 0.518. The molecule has 0 spiro atoms. The Morgan fingerprint density at radius 1 is 1.25 bits per heavy atom. The highest BCUT2D eigenvalue weighted by atomic mass is 35.5.